The molecule has 1 aliphatic rings. The summed E-state index contributed by atoms with van der Waals surface area (Å²) in [6.07, 6.45) is 1.97. The molecule has 3 aromatic rings. The van der Waals surface area contributed by atoms with Gasteiger partial charge < -0.3 is 0 Å². The monoisotopic (exact) mass is 337 g/mol. The van der Waals surface area contributed by atoms with Crippen LogP contribution in [0.25, 0.3) is 10.8 Å². The van der Waals surface area contributed by atoms with Gasteiger partial charge >= 0.3 is 0 Å². The van der Waals surface area contributed by atoms with Crippen molar-refractivity contribution in [3.8, 4) is 0 Å². The fraction of sp³-hybridized carbons (Fsp3) is 0.200. The predicted octanol–water partition coefficient (Wildman–Crippen LogP) is 4.36. The highest BCUT2D eigenvalue weighted by Gasteiger charge is 2.23. The average molecular weight is 337 g/mol. The van der Waals surface area contributed by atoms with Crippen LogP contribution in [-0.4, -0.2) is 8.42 Å². The lowest BCUT2D eigenvalue weighted by Crippen LogP contribution is -2.14. The Bertz CT molecular complexity index is 1060. The number of aryl methyl sites for hydroxylation is 4. The minimum absolute atomic E-state index is 0.353. The summed E-state index contributed by atoms with van der Waals surface area (Å²) in [7, 11) is -3.63. The largest absolute Gasteiger partial charge is 0.279 e. The van der Waals surface area contributed by atoms with Gasteiger partial charge in [0.15, 0.2) is 0 Å². The first-order valence-corrected chi connectivity index (χ1v) is 9.57. The summed E-state index contributed by atoms with van der Waals surface area (Å²) < 4.78 is 28.8. The Balaban J connectivity index is 1.87. The van der Waals surface area contributed by atoms with Gasteiger partial charge in [-0.25, -0.2) is 8.42 Å². The number of hydrogen-bond donors (Lipinski definition) is 1. The Morgan fingerprint density at radius 1 is 0.917 bits per heavy atom. The Hall–Kier alpha value is -2.33. The van der Waals surface area contributed by atoms with Crippen molar-refractivity contribution in [2.45, 2.75) is 31.6 Å². The van der Waals surface area contributed by atoms with Crippen molar-refractivity contribution in [1.82, 2.24) is 0 Å². The molecule has 3 nitrogen and oxygen atoms in total. The normalized spacial score (nSPS) is 13.4. The number of nitrogens with one attached hydrogen (secondary N) is 1. The van der Waals surface area contributed by atoms with E-state index in [1.54, 1.807) is 6.07 Å². The van der Waals surface area contributed by atoms with Crippen LogP contribution in [0.2, 0.25) is 0 Å². The lowest BCUT2D eigenvalue weighted by molar-refractivity contribution is 0.602. The molecule has 0 aromatic heterocycles. The van der Waals surface area contributed by atoms with Crippen molar-refractivity contribution in [2.24, 2.45) is 0 Å². The second kappa shape index (κ2) is 5.35. The zero-order valence-corrected chi connectivity index (χ0v) is 14.6. The summed E-state index contributed by atoms with van der Waals surface area (Å²) in [5.41, 5.74) is 5.06. The van der Waals surface area contributed by atoms with Gasteiger partial charge in [0.1, 0.15) is 0 Å². The van der Waals surface area contributed by atoms with Crippen molar-refractivity contribution in [1.29, 1.82) is 0 Å². The zero-order valence-electron chi connectivity index (χ0n) is 13.8. The maximum atomic E-state index is 13.0. The van der Waals surface area contributed by atoms with E-state index in [0.717, 1.165) is 34.7 Å². The van der Waals surface area contributed by atoms with Crippen LogP contribution in [0.15, 0.2) is 53.4 Å². The molecule has 0 heterocycles. The first-order chi connectivity index (χ1) is 11.5. The van der Waals surface area contributed by atoms with Gasteiger partial charge in [-0.3, -0.25) is 4.72 Å². The Kier molecular flexibility index (Phi) is 3.39. The van der Waals surface area contributed by atoms with E-state index in [1.807, 2.05) is 50.2 Å². The molecule has 0 atom stereocenters. The maximum absolute atomic E-state index is 13.0. The van der Waals surface area contributed by atoms with E-state index in [0.29, 0.717) is 10.6 Å². The van der Waals surface area contributed by atoms with Gasteiger partial charge in [0, 0.05) is 5.39 Å². The van der Waals surface area contributed by atoms with Crippen molar-refractivity contribution in [3.63, 3.8) is 0 Å². The molecule has 24 heavy (non-hydrogen) atoms. The van der Waals surface area contributed by atoms with E-state index in [1.165, 1.54) is 11.1 Å². The van der Waals surface area contributed by atoms with E-state index in [4.69, 9.17) is 0 Å². The molecule has 1 N–H and O–H groups in total. The predicted molar refractivity (Wildman–Crippen MR) is 98.1 cm³/mol. The molecule has 0 unspecified atom stereocenters. The van der Waals surface area contributed by atoms with Crippen molar-refractivity contribution < 1.29 is 8.42 Å². The van der Waals surface area contributed by atoms with E-state index in [-0.39, 0.29) is 0 Å². The second-order valence-corrected chi connectivity index (χ2v) is 8.14. The molecule has 0 radical (unpaired) electrons. The summed E-state index contributed by atoms with van der Waals surface area (Å²) in [6, 6.07) is 15.4. The highest BCUT2D eigenvalue weighted by atomic mass is 32.2. The van der Waals surface area contributed by atoms with Gasteiger partial charge in [0.25, 0.3) is 10.0 Å². The first-order valence-electron chi connectivity index (χ1n) is 8.09. The molecule has 0 saturated heterocycles. The highest BCUT2D eigenvalue weighted by molar-refractivity contribution is 7.93. The van der Waals surface area contributed by atoms with Crippen LogP contribution < -0.4 is 4.72 Å². The van der Waals surface area contributed by atoms with Crippen LogP contribution in [0.4, 0.5) is 5.69 Å². The fourth-order valence-electron chi connectivity index (χ4n) is 3.50. The maximum Gasteiger partial charge on any atom is 0.262 e. The number of anilines is 1. The molecule has 1 aliphatic carbocycles. The lowest BCUT2D eigenvalue weighted by Gasteiger charge is -2.14. The molecule has 0 fully saturated rings. The molecular weight excluding hydrogens is 318 g/mol. The minimum Gasteiger partial charge on any atom is -0.279 e. The van der Waals surface area contributed by atoms with E-state index < -0.39 is 10.0 Å². The van der Waals surface area contributed by atoms with Crippen LogP contribution in [0.5, 0.6) is 0 Å². The number of sulfonamides is 1. The van der Waals surface area contributed by atoms with Gasteiger partial charge in [-0.1, -0.05) is 36.4 Å². The minimum atomic E-state index is -3.63. The van der Waals surface area contributed by atoms with E-state index in [9.17, 15) is 8.42 Å². The molecule has 4 heteroatoms. The summed E-state index contributed by atoms with van der Waals surface area (Å²) >= 11 is 0. The van der Waals surface area contributed by atoms with Gasteiger partial charge in [0.2, 0.25) is 0 Å². The topological polar surface area (TPSA) is 46.2 Å². The van der Waals surface area contributed by atoms with Crippen LogP contribution in [-0.2, 0) is 22.9 Å². The molecule has 122 valence electrons. The number of hydrogen-bond acceptors (Lipinski definition) is 2. The van der Waals surface area contributed by atoms with Gasteiger partial charge in [-0.2, -0.15) is 0 Å². The summed E-state index contributed by atoms with van der Waals surface area (Å²) in [5, 5.41) is 1.93. The van der Waals surface area contributed by atoms with Crippen molar-refractivity contribution in [3.05, 3.63) is 70.8 Å². The Morgan fingerprint density at radius 3 is 2.46 bits per heavy atom. The van der Waals surface area contributed by atoms with Crippen molar-refractivity contribution in [2.75, 3.05) is 4.72 Å². The smallest absolute Gasteiger partial charge is 0.262 e. The Morgan fingerprint density at radius 2 is 1.67 bits per heavy atom. The second-order valence-electron chi connectivity index (χ2n) is 6.49. The van der Waals surface area contributed by atoms with Gasteiger partial charge in [0.05, 0.1) is 10.6 Å². The lowest BCUT2D eigenvalue weighted by atomic mass is 10.1. The zero-order chi connectivity index (χ0) is 16.9. The number of rotatable bonds is 3. The highest BCUT2D eigenvalue weighted by Crippen LogP contribution is 2.35. The average Bonchev–Trinajstić information content (AvgIpc) is 2.96. The third kappa shape index (κ3) is 2.38. The van der Waals surface area contributed by atoms with Crippen LogP contribution >= 0.6 is 0 Å². The Labute approximate surface area is 142 Å². The van der Waals surface area contributed by atoms with E-state index in [2.05, 4.69) is 10.8 Å². The molecule has 0 saturated carbocycles. The SMILES string of the molecule is Cc1ccc(C)c(NS(=O)(=O)c2ccc3c4c(cccc24)CC3)c1. The van der Waals surface area contributed by atoms with Gasteiger partial charge in [-0.15, -0.1) is 0 Å². The van der Waals surface area contributed by atoms with Gasteiger partial charge in [-0.05, 0) is 66.5 Å². The number of benzene rings is 3. The molecule has 4 rings (SSSR count). The summed E-state index contributed by atoms with van der Waals surface area (Å²) in [4.78, 5) is 0.353. The molecule has 3 aromatic carbocycles. The molecule has 0 spiro atoms. The molecular formula is C20H19NO2S. The van der Waals surface area contributed by atoms with Crippen molar-refractivity contribution >= 4 is 26.5 Å². The summed E-state index contributed by atoms with van der Waals surface area (Å²) in [5.74, 6) is 0. The molecule has 0 aliphatic heterocycles. The molecule has 0 bridgehead atoms. The van der Waals surface area contributed by atoms with Crippen LogP contribution in [0.1, 0.15) is 22.3 Å². The standard InChI is InChI=1S/C20H19NO2S/c1-13-6-7-14(2)18(12-13)21-24(22,23)19-11-10-16-9-8-15-4-3-5-17(19)20(15)16/h3-7,10-12,21H,8-9H2,1-2H3. The third-order valence-electron chi connectivity index (χ3n) is 4.76. The summed E-state index contributed by atoms with van der Waals surface area (Å²) in [6.45, 7) is 3.86. The fourth-order valence-corrected chi connectivity index (χ4v) is 4.83. The third-order valence-corrected chi connectivity index (χ3v) is 6.19. The van der Waals surface area contributed by atoms with E-state index >= 15 is 0 Å². The van der Waals surface area contributed by atoms with Crippen LogP contribution in [0, 0.1) is 13.8 Å². The quantitative estimate of drug-likeness (QED) is 0.772. The molecule has 0 amide bonds. The van der Waals surface area contributed by atoms with Crippen LogP contribution in [0.3, 0.4) is 0 Å². The first kappa shape index (κ1) is 15.2.